The van der Waals surface area contributed by atoms with E-state index in [1.807, 2.05) is 48.3 Å². The minimum absolute atomic E-state index is 0.510. The van der Waals surface area contributed by atoms with E-state index in [1.54, 1.807) is 13.3 Å². The second-order valence-corrected chi connectivity index (χ2v) is 3.99. The summed E-state index contributed by atoms with van der Waals surface area (Å²) >= 11 is 0. The highest BCUT2D eigenvalue weighted by molar-refractivity contribution is 5.60. The first-order chi connectivity index (χ1) is 8.74. The predicted octanol–water partition coefficient (Wildman–Crippen LogP) is 2.32. The summed E-state index contributed by atoms with van der Waals surface area (Å²) in [5.74, 6) is 1.71. The van der Waals surface area contributed by atoms with E-state index in [0.29, 0.717) is 6.54 Å². The molecule has 4 heteroatoms. The van der Waals surface area contributed by atoms with E-state index in [2.05, 4.69) is 4.98 Å². The van der Waals surface area contributed by atoms with Gasteiger partial charge in [0.25, 0.3) is 0 Å². The Morgan fingerprint density at radius 3 is 2.72 bits per heavy atom. The van der Waals surface area contributed by atoms with Gasteiger partial charge in [-0.15, -0.1) is 0 Å². The van der Waals surface area contributed by atoms with Crippen molar-refractivity contribution >= 4 is 11.5 Å². The molecule has 0 amide bonds. The van der Waals surface area contributed by atoms with E-state index < -0.39 is 0 Å². The molecule has 0 aliphatic heterocycles. The monoisotopic (exact) mass is 243 g/mol. The van der Waals surface area contributed by atoms with Crippen molar-refractivity contribution in [1.29, 1.82) is 0 Å². The molecule has 0 saturated heterocycles. The highest BCUT2D eigenvalue weighted by Gasteiger charge is 2.06. The van der Waals surface area contributed by atoms with Crippen molar-refractivity contribution in [3.05, 3.63) is 48.2 Å². The van der Waals surface area contributed by atoms with E-state index in [-0.39, 0.29) is 0 Å². The van der Waals surface area contributed by atoms with Gasteiger partial charge in [0, 0.05) is 31.5 Å². The van der Waals surface area contributed by atoms with Crippen molar-refractivity contribution in [1.82, 2.24) is 4.98 Å². The molecular weight excluding hydrogens is 226 g/mol. The lowest BCUT2D eigenvalue weighted by molar-refractivity contribution is 0.415. The Hall–Kier alpha value is -2.07. The lowest BCUT2D eigenvalue weighted by Crippen LogP contribution is -2.11. The largest absolute Gasteiger partial charge is 0.497 e. The normalized spacial score (nSPS) is 10.2. The zero-order chi connectivity index (χ0) is 13.0. The van der Waals surface area contributed by atoms with Crippen LogP contribution in [0.1, 0.15) is 5.56 Å². The molecule has 1 aromatic heterocycles. The van der Waals surface area contributed by atoms with Crippen molar-refractivity contribution < 1.29 is 4.74 Å². The summed E-state index contributed by atoms with van der Waals surface area (Å²) in [5, 5.41) is 0. The first kappa shape index (κ1) is 12.4. The van der Waals surface area contributed by atoms with Gasteiger partial charge in [0.05, 0.1) is 7.11 Å². The highest BCUT2D eigenvalue weighted by Crippen LogP contribution is 2.25. The van der Waals surface area contributed by atoms with Crippen molar-refractivity contribution in [3.63, 3.8) is 0 Å². The molecule has 0 spiro atoms. The minimum atomic E-state index is 0.510. The Morgan fingerprint density at radius 1 is 1.28 bits per heavy atom. The number of ether oxygens (including phenoxy) is 1. The van der Waals surface area contributed by atoms with Gasteiger partial charge < -0.3 is 15.4 Å². The molecule has 2 rings (SSSR count). The molecule has 0 unspecified atom stereocenters. The number of anilines is 2. The van der Waals surface area contributed by atoms with Crippen LogP contribution < -0.4 is 15.4 Å². The summed E-state index contributed by atoms with van der Waals surface area (Å²) in [6, 6.07) is 11.8. The van der Waals surface area contributed by atoms with Crippen LogP contribution in [0.4, 0.5) is 11.5 Å². The topological polar surface area (TPSA) is 51.4 Å². The number of benzene rings is 1. The van der Waals surface area contributed by atoms with Crippen LogP contribution in [-0.4, -0.2) is 19.1 Å². The van der Waals surface area contributed by atoms with Gasteiger partial charge in [-0.3, -0.25) is 0 Å². The summed E-state index contributed by atoms with van der Waals surface area (Å²) < 4.78 is 5.21. The fourth-order valence-corrected chi connectivity index (χ4v) is 1.69. The summed E-state index contributed by atoms with van der Waals surface area (Å²) in [4.78, 5) is 6.39. The Balaban J connectivity index is 2.25. The van der Waals surface area contributed by atoms with Gasteiger partial charge >= 0.3 is 0 Å². The maximum Gasteiger partial charge on any atom is 0.132 e. The van der Waals surface area contributed by atoms with E-state index in [4.69, 9.17) is 10.5 Å². The van der Waals surface area contributed by atoms with Gasteiger partial charge in [0.15, 0.2) is 0 Å². The second kappa shape index (κ2) is 5.51. The van der Waals surface area contributed by atoms with Crippen LogP contribution in [0.25, 0.3) is 0 Å². The van der Waals surface area contributed by atoms with E-state index >= 15 is 0 Å². The van der Waals surface area contributed by atoms with Gasteiger partial charge in [0.1, 0.15) is 11.6 Å². The smallest absolute Gasteiger partial charge is 0.132 e. The molecule has 0 bridgehead atoms. The molecule has 1 aromatic carbocycles. The molecule has 2 N–H and O–H groups in total. The van der Waals surface area contributed by atoms with Gasteiger partial charge in [-0.05, 0) is 23.8 Å². The van der Waals surface area contributed by atoms with E-state index in [1.165, 1.54) is 0 Å². The van der Waals surface area contributed by atoms with E-state index in [0.717, 1.165) is 22.8 Å². The Kier molecular flexibility index (Phi) is 3.79. The van der Waals surface area contributed by atoms with Crippen LogP contribution in [0.15, 0.2) is 42.6 Å². The lowest BCUT2D eigenvalue weighted by Gasteiger charge is -2.19. The third-order valence-electron chi connectivity index (χ3n) is 2.83. The first-order valence-electron chi connectivity index (χ1n) is 5.77. The zero-order valence-electron chi connectivity index (χ0n) is 10.6. The Labute approximate surface area is 107 Å². The van der Waals surface area contributed by atoms with Crippen LogP contribution in [-0.2, 0) is 6.54 Å². The number of hydrogen-bond donors (Lipinski definition) is 1. The average molecular weight is 243 g/mol. The summed E-state index contributed by atoms with van der Waals surface area (Å²) in [6.45, 7) is 0.510. The number of aromatic nitrogens is 1. The zero-order valence-corrected chi connectivity index (χ0v) is 10.6. The maximum atomic E-state index is 5.55. The average Bonchev–Trinajstić information content (AvgIpc) is 2.46. The molecule has 4 nitrogen and oxygen atoms in total. The molecule has 0 radical (unpaired) electrons. The Morgan fingerprint density at radius 2 is 2.11 bits per heavy atom. The third-order valence-corrected chi connectivity index (χ3v) is 2.83. The van der Waals surface area contributed by atoms with Crippen molar-refractivity contribution in [2.24, 2.45) is 5.73 Å². The summed E-state index contributed by atoms with van der Waals surface area (Å²) in [6.07, 6.45) is 1.80. The standard InChI is InChI=1S/C14H17N3O/c1-17(12-4-3-5-13(8-12)18-2)14-7-6-11(9-15)10-16-14/h3-8,10H,9,15H2,1-2H3. The predicted molar refractivity (Wildman–Crippen MR) is 73.2 cm³/mol. The summed E-state index contributed by atoms with van der Waals surface area (Å²) in [5.41, 5.74) is 7.61. The molecule has 0 aliphatic rings. The van der Waals surface area contributed by atoms with Crippen LogP contribution in [0.3, 0.4) is 0 Å². The molecule has 0 aliphatic carbocycles. The van der Waals surface area contributed by atoms with Crippen LogP contribution in [0.5, 0.6) is 5.75 Å². The van der Waals surface area contributed by atoms with Crippen molar-refractivity contribution in [2.45, 2.75) is 6.54 Å². The fourth-order valence-electron chi connectivity index (χ4n) is 1.69. The molecule has 18 heavy (non-hydrogen) atoms. The fraction of sp³-hybridized carbons (Fsp3) is 0.214. The lowest BCUT2D eigenvalue weighted by atomic mass is 10.2. The van der Waals surface area contributed by atoms with Gasteiger partial charge in [-0.2, -0.15) is 0 Å². The number of methoxy groups -OCH3 is 1. The number of nitrogens with two attached hydrogens (primary N) is 1. The second-order valence-electron chi connectivity index (χ2n) is 3.99. The number of rotatable bonds is 4. The Bertz CT molecular complexity index is 511. The number of pyridine rings is 1. The van der Waals surface area contributed by atoms with Crippen LogP contribution >= 0.6 is 0 Å². The first-order valence-corrected chi connectivity index (χ1v) is 5.77. The molecule has 94 valence electrons. The maximum absolute atomic E-state index is 5.55. The molecule has 0 atom stereocenters. The van der Waals surface area contributed by atoms with Crippen LogP contribution in [0.2, 0.25) is 0 Å². The molecule has 1 heterocycles. The van der Waals surface area contributed by atoms with Gasteiger partial charge in [-0.25, -0.2) is 4.98 Å². The number of nitrogens with zero attached hydrogens (tertiary/aromatic N) is 2. The van der Waals surface area contributed by atoms with Crippen molar-refractivity contribution in [2.75, 3.05) is 19.1 Å². The number of hydrogen-bond acceptors (Lipinski definition) is 4. The SMILES string of the molecule is COc1cccc(N(C)c2ccc(CN)cn2)c1. The van der Waals surface area contributed by atoms with Gasteiger partial charge in [0.2, 0.25) is 0 Å². The molecular formula is C14H17N3O. The molecule has 0 fully saturated rings. The summed E-state index contributed by atoms with van der Waals surface area (Å²) in [7, 11) is 3.63. The van der Waals surface area contributed by atoms with Crippen molar-refractivity contribution in [3.8, 4) is 5.75 Å². The van der Waals surface area contributed by atoms with E-state index in [9.17, 15) is 0 Å². The highest BCUT2D eigenvalue weighted by atomic mass is 16.5. The molecule has 0 saturated carbocycles. The van der Waals surface area contributed by atoms with Crippen LogP contribution in [0, 0.1) is 0 Å². The third kappa shape index (κ3) is 2.60. The minimum Gasteiger partial charge on any atom is -0.497 e. The van der Waals surface area contributed by atoms with Gasteiger partial charge in [-0.1, -0.05) is 12.1 Å². The quantitative estimate of drug-likeness (QED) is 0.895. The molecule has 2 aromatic rings.